The van der Waals surface area contributed by atoms with Crippen LogP contribution in [0.2, 0.25) is 0 Å². The van der Waals surface area contributed by atoms with E-state index in [0.29, 0.717) is 5.95 Å². The highest BCUT2D eigenvalue weighted by atomic mass is 15.2. The summed E-state index contributed by atoms with van der Waals surface area (Å²) in [4.78, 5) is 10.2. The van der Waals surface area contributed by atoms with E-state index in [4.69, 9.17) is 9.97 Å². The fraction of sp³-hybridized carbons (Fsp3) is 0. The molecule has 0 aliphatic rings. The number of hydrogen-bond acceptors (Lipinski definition) is 2. The molecule has 0 atom stereocenters. The molecule has 0 aliphatic heterocycles. The first-order chi connectivity index (χ1) is 27.8. The first kappa shape index (κ1) is 31.9. The minimum absolute atomic E-state index is 0.643. The Morgan fingerprint density at radius 2 is 0.839 bits per heavy atom. The summed E-state index contributed by atoms with van der Waals surface area (Å²) in [5.74, 6) is 0.643. The second-order valence-corrected chi connectivity index (χ2v) is 14.2. The molecular weight excluding hydrogens is 681 g/mol. The van der Waals surface area contributed by atoms with Crippen LogP contribution in [0.4, 0.5) is 0 Å². The van der Waals surface area contributed by atoms with Gasteiger partial charge in [-0.15, -0.1) is 0 Å². The van der Waals surface area contributed by atoms with Gasteiger partial charge in [-0.3, -0.25) is 4.57 Å². The molecule has 8 aromatic carbocycles. The Kier molecular flexibility index (Phi) is 7.46. The normalized spacial score (nSPS) is 11.6. The van der Waals surface area contributed by atoms with Crippen LogP contribution in [0.15, 0.2) is 206 Å². The quantitative estimate of drug-likeness (QED) is 0.172. The molecule has 0 saturated heterocycles. The van der Waals surface area contributed by atoms with Gasteiger partial charge in [0.25, 0.3) is 0 Å². The highest BCUT2D eigenvalue weighted by Crippen LogP contribution is 2.39. The van der Waals surface area contributed by atoms with Crippen molar-refractivity contribution in [3.05, 3.63) is 206 Å². The lowest BCUT2D eigenvalue weighted by molar-refractivity contribution is 0.992. The maximum Gasteiger partial charge on any atom is 0.235 e. The summed E-state index contributed by atoms with van der Waals surface area (Å²) < 4.78 is 4.56. The zero-order valence-electron chi connectivity index (χ0n) is 30.4. The van der Waals surface area contributed by atoms with Gasteiger partial charge in [0.05, 0.1) is 27.8 Å². The smallest absolute Gasteiger partial charge is 0.235 e. The molecule has 0 spiro atoms. The highest BCUT2D eigenvalue weighted by molar-refractivity contribution is 6.12. The third-order valence-electron chi connectivity index (χ3n) is 11.0. The summed E-state index contributed by atoms with van der Waals surface area (Å²) in [6.07, 6.45) is 1.88. The van der Waals surface area contributed by atoms with Gasteiger partial charge in [-0.05, 0) is 94.0 Å². The summed E-state index contributed by atoms with van der Waals surface area (Å²) in [6, 6.07) is 71.3. The van der Waals surface area contributed by atoms with Crippen LogP contribution >= 0.6 is 0 Å². The number of fused-ring (bicyclic) bond motifs is 6. The van der Waals surface area contributed by atoms with E-state index in [1.54, 1.807) is 0 Å². The van der Waals surface area contributed by atoms with Crippen molar-refractivity contribution in [3.63, 3.8) is 0 Å². The lowest BCUT2D eigenvalue weighted by Gasteiger charge is -2.13. The van der Waals surface area contributed by atoms with Crippen LogP contribution in [0.25, 0.3) is 99.9 Å². The second kappa shape index (κ2) is 13.1. The number of aromatic nitrogens is 4. The van der Waals surface area contributed by atoms with Crippen molar-refractivity contribution in [2.45, 2.75) is 0 Å². The van der Waals surface area contributed by atoms with Crippen molar-refractivity contribution < 1.29 is 0 Å². The van der Waals surface area contributed by atoms with E-state index < -0.39 is 0 Å². The number of nitrogens with zero attached hydrogens (tertiary/aromatic N) is 4. The molecule has 0 bridgehead atoms. The third kappa shape index (κ3) is 5.23. The topological polar surface area (TPSA) is 35.6 Å². The van der Waals surface area contributed by atoms with Gasteiger partial charge in [0.15, 0.2) is 0 Å². The molecule has 3 heterocycles. The highest BCUT2D eigenvalue weighted by Gasteiger charge is 2.18. The number of hydrogen-bond donors (Lipinski definition) is 0. The molecule has 4 heteroatoms. The van der Waals surface area contributed by atoms with Crippen molar-refractivity contribution in [1.29, 1.82) is 0 Å². The molecule has 262 valence electrons. The van der Waals surface area contributed by atoms with Gasteiger partial charge in [-0.2, -0.15) is 0 Å². The summed E-state index contributed by atoms with van der Waals surface area (Å²) in [5, 5.41) is 4.81. The second-order valence-electron chi connectivity index (χ2n) is 14.2. The first-order valence-corrected chi connectivity index (χ1v) is 19.0. The van der Waals surface area contributed by atoms with E-state index in [0.717, 1.165) is 44.5 Å². The fourth-order valence-corrected chi connectivity index (χ4v) is 8.44. The molecule has 0 unspecified atom stereocenters. The zero-order chi connectivity index (χ0) is 37.0. The average molecular weight is 715 g/mol. The lowest BCUT2D eigenvalue weighted by atomic mass is 9.94. The molecule has 0 amide bonds. The summed E-state index contributed by atoms with van der Waals surface area (Å²) in [5.41, 5.74) is 14.6. The van der Waals surface area contributed by atoms with Crippen LogP contribution < -0.4 is 0 Å². The van der Waals surface area contributed by atoms with Crippen molar-refractivity contribution in [1.82, 2.24) is 19.1 Å². The first-order valence-electron chi connectivity index (χ1n) is 19.0. The molecule has 0 saturated carbocycles. The molecule has 0 aliphatic carbocycles. The van der Waals surface area contributed by atoms with Crippen LogP contribution in [0, 0.1) is 0 Å². The maximum atomic E-state index is 5.27. The molecule has 11 aromatic rings. The number of rotatable bonds is 6. The Morgan fingerprint density at radius 1 is 0.321 bits per heavy atom. The van der Waals surface area contributed by atoms with Crippen molar-refractivity contribution in [2.24, 2.45) is 0 Å². The van der Waals surface area contributed by atoms with E-state index in [1.807, 2.05) is 12.3 Å². The van der Waals surface area contributed by atoms with Crippen LogP contribution in [0.5, 0.6) is 0 Å². The monoisotopic (exact) mass is 714 g/mol. The fourth-order valence-electron chi connectivity index (χ4n) is 8.44. The Balaban J connectivity index is 1.03. The van der Waals surface area contributed by atoms with Crippen molar-refractivity contribution in [3.8, 4) is 56.3 Å². The number of para-hydroxylation sites is 3. The Hall–Kier alpha value is -7.56. The SMILES string of the molecule is c1ccc(-c2cccc(-c3ccccc3-c3ccnc(-n4c5ccccc5c5cc(-c6ccc7c(c6)c6ccccc6n7-c6ccccc6)ccc54)n3)c2)cc1. The van der Waals surface area contributed by atoms with Gasteiger partial charge < -0.3 is 4.57 Å². The number of benzene rings is 8. The van der Waals surface area contributed by atoms with E-state index in [9.17, 15) is 0 Å². The molecule has 0 N–H and O–H groups in total. The Bertz CT molecular complexity index is 3250. The minimum Gasteiger partial charge on any atom is -0.309 e. The van der Waals surface area contributed by atoms with E-state index in [2.05, 4.69) is 203 Å². The van der Waals surface area contributed by atoms with Gasteiger partial charge in [0.1, 0.15) is 0 Å². The Morgan fingerprint density at radius 3 is 1.55 bits per heavy atom. The van der Waals surface area contributed by atoms with E-state index >= 15 is 0 Å². The van der Waals surface area contributed by atoms with Gasteiger partial charge in [-0.1, -0.05) is 140 Å². The molecule has 11 rings (SSSR count). The van der Waals surface area contributed by atoms with Gasteiger partial charge in [0.2, 0.25) is 5.95 Å². The average Bonchev–Trinajstić information content (AvgIpc) is 3.79. The maximum absolute atomic E-state index is 5.27. The minimum atomic E-state index is 0.643. The van der Waals surface area contributed by atoms with Crippen LogP contribution in [-0.2, 0) is 0 Å². The van der Waals surface area contributed by atoms with Gasteiger partial charge in [-0.25, -0.2) is 9.97 Å². The summed E-state index contributed by atoms with van der Waals surface area (Å²) >= 11 is 0. The van der Waals surface area contributed by atoms with Crippen LogP contribution in [0.1, 0.15) is 0 Å². The van der Waals surface area contributed by atoms with Crippen molar-refractivity contribution >= 4 is 43.6 Å². The summed E-state index contributed by atoms with van der Waals surface area (Å²) in [6.45, 7) is 0. The van der Waals surface area contributed by atoms with Crippen molar-refractivity contribution in [2.75, 3.05) is 0 Å². The summed E-state index contributed by atoms with van der Waals surface area (Å²) in [7, 11) is 0. The Labute approximate surface area is 324 Å². The molecule has 0 fully saturated rings. The largest absolute Gasteiger partial charge is 0.309 e. The van der Waals surface area contributed by atoms with E-state index in [1.165, 1.54) is 49.4 Å². The van der Waals surface area contributed by atoms with E-state index in [-0.39, 0.29) is 0 Å². The molecular formula is C52H34N4. The molecule has 4 nitrogen and oxygen atoms in total. The van der Waals surface area contributed by atoms with Crippen LogP contribution in [-0.4, -0.2) is 19.1 Å². The van der Waals surface area contributed by atoms with Gasteiger partial charge in [0, 0.05) is 39.0 Å². The zero-order valence-corrected chi connectivity index (χ0v) is 30.4. The van der Waals surface area contributed by atoms with Gasteiger partial charge >= 0.3 is 0 Å². The standard InChI is InChI=1S/C52H34N4/c1-3-14-35(15-4-1)36-16-13-17-39(32-36)41-20-7-8-21-42(41)47-30-31-53-52(54-47)56-49-25-12-10-23-44(49)46-34-38(27-29-51(46)56)37-26-28-50-45(33-37)43-22-9-11-24-48(43)55(50)40-18-5-2-6-19-40/h1-34H. The molecule has 56 heavy (non-hydrogen) atoms. The third-order valence-corrected chi connectivity index (χ3v) is 11.0. The lowest BCUT2D eigenvalue weighted by Crippen LogP contribution is -2.02. The molecule has 3 aromatic heterocycles. The predicted molar refractivity (Wildman–Crippen MR) is 232 cm³/mol. The molecule has 0 radical (unpaired) electrons. The predicted octanol–water partition coefficient (Wildman–Crippen LogP) is 13.3. The van der Waals surface area contributed by atoms with Crippen LogP contribution in [0.3, 0.4) is 0 Å².